The van der Waals surface area contributed by atoms with Gasteiger partial charge in [0, 0.05) is 49.6 Å². The van der Waals surface area contributed by atoms with Crippen molar-refractivity contribution in [2.24, 2.45) is 0 Å². The molecule has 1 amide bonds. The average molecular weight is 319 g/mol. The molecule has 0 bridgehead atoms. The SMILES string of the molecule is O=C(CC1COCCN1)Nc1ccc(NC2CCOCC2)cc1. The number of nitrogens with one attached hydrogen (secondary N) is 3. The second-order valence-electron chi connectivity index (χ2n) is 6.09. The highest BCUT2D eigenvalue weighted by atomic mass is 16.5. The minimum atomic E-state index is 0.0122. The Morgan fingerprint density at radius 1 is 1.09 bits per heavy atom. The third-order valence-corrected chi connectivity index (χ3v) is 4.19. The molecule has 126 valence electrons. The lowest BCUT2D eigenvalue weighted by molar-refractivity contribution is -0.117. The van der Waals surface area contributed by atoms with Crippen molar-refractivity contribution in [3.8, 4) is 0 Å². The average Bonchev–Trinajstić information content (AvgIpc) is 2.58. The minimum absolute atomic E-state index is 0.0122. The van der Waals surface area contributed by atoms with Crippen molar-refractivity contribution in [2.45, 2.75) is 31.3 Å². The zero-order valence-electron chi connectivity index (χ0n) is 13.3. The van der Waals surface area contributed by atoms with Crippen molar-refractivity contribution in [2.75, 3.05) is 43.6 Å². The molecule has 1 unspecified atom stereocenters. The van der Waals surface area contributed by atoms with Crippen LogP contribution in [-0.4, -0.2) is 51.0 Å². The maximum Gasteiger partial charge on any atom is 0.226 e. The van der Waals surface area contributed by atoms with Crippen LogP contribution in [0.5, 0.6) is 0 Å². The van der Waals surface area contributed by atoms with Gasteiger partial charge in [-0.2, -0.15) is 0 Å². The number of morpholine rings is 1. The van der Waals surface area contributed by atoms with Crippen LogP contribution in [0.2, 0.25) is 0 Å². The normalized spacial score (nSPS) is 22.5. The van der Waals surface area contributed by atoms with Crippen molar-refractivity contribution in [1.29, 1.82) is 0 Å². The number of carbonyl (C=O) groups excluding carboxylic acids is 1. The molecule has 1 atom stereocenters. The summed E-state index contributed by atoms with van der Waals surface area (Å²) in [7, 11) is 0. The molecule has 23 heavy (non-hydrogen) atoms. The smallest absolute Gasteiger partial charge is 0.226 e. The minimum Gasteiger partial charge on any atom is -0.382 e. The van der Waals surface area contributed by atoms with Gasteiger partial charge in [-0.1, -0.05) is 0 Å². The predicted molar refractivity (Wildman–Crippen MR) is 89.8 cm³/mol. The van der Waals surface area contributed by atoms with Crippen LogP contribution in [0.1, 0.15) is 19.3 Å². The van der Waals surface area contributed by atoms with E-state index in [0.29, 0.717) is 19.1 Å². The number of anilines is 2. The van der Waals surface area contributed by atoms with Gasteiger partial charge in [0.1, 0.15) is 0 Å². The molecule has 1 aromatic rings. The van der Waals surface area contributed by atoms with Crippen LogP contribution >= 0.6 is 0 Å². The molecule has 0 radical (unpaired) electrons. The number of rotatable bonds is 5. The van der Waals surface area contributed by atoms with Crippen LogP contribution in [0.3, 0.4) is 0 Å². The Labute approximate surface area is 136 Å². The molecule has 0 saturated carbocycles. The first-order valence-corrected chi connectivity index (χ1v) is 8.35. The van der Waals surface area contributed by atoms with Gasteiger partial charge in [0.05, 0.1) is 13.2 Å². The zero-order chi connectivity index (χ0) is 15.9. The molecule has 2 aliphatic rings. The number of amides is 1. The van der Waals surface area contributed by atoms with Gasteiger partial charge in [0.2, 0.25) is 5.91 Å². The number of benzene rings is 1. The van der Waals surface area contributed by atoms with Gasteiger partial charge in [-0.25, -0.2) is 0 Å². The summed E-state index contributed by atoms with van der Waals surface area (Å²) in [4.78, 5) is 12.0. The molecule has 3 rings (SSSR count). The molecule has 0 aromatic heterocycles. The standard InChI is InChI=1S/C17H25N3O3/c21-17(11-16-12-23-10-7-18-16)20-14-3-1-13(2-4-14)19-15-5-8-22-9-6-15/h1-4,15-16,18-19H,5-12H2,(H,20,21). The molecule has 1 aromatic carbocycles. The van der Waals surface area contributed by atoms with E-state index in [2.05, 4.69) is 16.0 Å². The van der Waals surface area contributed by atoms with Crippen LogP contribution < -0.4 is 16.0 Å². The highest BCUT2D eigenvalue weighted by molar-refractivity contribution is 5.91. The fourth-order valence-electron chi connectivity index (χ4n) is 2.91. The van der Waals surface area contributed by atoms with Gasteiger partial charge in [-0.05, 0) is 37.1 Å². The van der Waals surface area contributed by atoms with Gasteiger partial charge in [-0.15, -0.1) is 0 Å². The lowest BCUT2D eigenvalue weighted by Gasteiger charge is -2.24. The molecule has 6 heteroatoms. The van der Waals surface area contributed by atoms with Crippen LogP contribution in [0.4, 0.5) is 11.4 Å². The van der Waals surface area contributed by atoms with E-state index in [0.717, 1.165) is 50.6 Å². The van der Waals surface area contributed by atoms with Gasteiger partial charge in [0.15, 0.2) is 0 Å². The Bertz CT molecular complexity index is 494. The second-order valence-corrected chi connectivity index (χ2v) is 6.09. The van der Waals surface area contributed by atoms with Crippen LogP contribution in [-0.2, 0) is 14.3 Å². The lowest BCUT2D eigenvalue weighted by Crippen LogP contribution is -2.43. The largest absolute Gasteiger partial charge is 0.382 e. The monoisotopic (exact) mass is 319 g/mol. The number of hydrogen-bond acceptors (Lipinski definition) is 5. The van der Waals surface area contributed by atoms with E-state index >= 15 is 0 Å². The Morgan fingerprint density at radius 2 is 1.83 bits per heavy atom. The molecule has 2 heterocycles. The summed E-state index contributed by atoms with van der Waals surface area (Å²) in [5.74, 6) is 0.0122. The van der Waals surface area contributed by atoms with Gasteiger partial charge in [0.25, 0.3) is 0 Å². The fraction of sp³-hybridized carbons (Fsp3) is 0.588. The van der Waals surface area contributed by atoms with E-state index in [-0.39, 0.29) is 11.9 Å². The first kappa shape index (κ1) is 16.2. The first-order valence-electron chi connectivity index (χ1n) is 8.35. The van der Waals surface area contributed by atoms with Crippen molar-refractivity contribution in [3.63, 3.8) is 0 Å². The number of hydrogen-bond donors (Lipinski definition) is 3. The van der Waals surface area contributed by atoms with Crippen molar-refractivity contribution in [1.82, 2.24) is 5.32 Å². The molecule has 6 nitrogen and oxygen atoms in total. The molecule has 2 aliphatic heterocycles. The van der Waals surface area contributed by atoms with Crippen molar-refractivity contribution < 1.29 is 14.3 Å². The van der Waals surface area contributed by atoms with Gasteiger partial charge >= 0.3 is 0 Å². The highest BCUT2D eigenvalue weighted by Crippen LogP contribution is 2.18. The molecule has 2 saturated heterocycles. The summed E-state index contributed by atoms with van der Waals surface area (Å²) in [5.41, 5.74) is 1.90. The Balaban J connectivity index is 1.45. The maximum atomic E-state index is 12.0. The summed E-state index contributed by atoms with van der Waals surface area (Å²) >= 11 is 0. The maximum absolute atomic E-state index is 12.0. The van der Waals surface area contributed by atoms with E-state index < -0.39 is 0 Å². The quantitative estimate of drug-likeness (QED) is 0.769. The van der Waals surface area contributed by atoms with Gasteiger partial charge < -0.3 is 25.4 Å². The molecule has 0 aliphatic carbocycles. The summed E-state index contributed by atoms with van der Waals surface area (Å²) in [6.07, 6.45) is 2.51. The van der Waals surface area contributed by atoms with Crippen LogP contribution in [0, 0.1) is 0 Å². The summed E-state index contributed by atoms with van der Waals surface area (Å²) < 4.78 is 10.7. The van der Waals surface area contributed by atoms with Crippen LogP contribution in [0.25, 0.3) is 0 Å². The molecular formula is C17H25N3O3. The molecular weight excluding hydrogens is 294 g/mol. The first-order chi connectivity index (χ1) is 11.3. The fourth-order valence-corrected chi connectivity index (χ4v) is 2.91. The molecule has 3 N–H and O–H groups in total. The highest BCUT2D eigenvalue weighted by Gasteiger charge is 2.17. The summed E-state index contributed by atoms with van der Waals surface area (Å²) in [5, 5.41) is 9.73. The zero-order valence-corrected chi connectivity index (χ0v) is 13.3. The van der Waals surface area contributed by atoms with Crippen molar-refractivity contribution in [3.05, 3.63) is 24.3 Å². The molecule has 0 spiro atoms. The van der Waals surface area contributed by atoms with Crippen molar-refractivity contribution >= 4 is 17.3 Å². The topological polar surface area (TPSA) is 71.6 Å². The van der Waals surface area contributed by atoms with E-state index in [4.69, 9.17) is 9.47 Å². The molecule has 2 fully saturated rings. The lowest BCUT2D eigenvalue weighted by atomic mass is 10.1. The Hall–Kier alpha value is -1.63. The Kier molecular flexibility index (Phi) is 5.85. The van der Waals surface area contributed by atoms with E-state index in [1.165, 1.54) is 0 Å². The predicted octanol–water partition coefficient (Wildman–Crippen LogP) is 1.59. The van der Waals surface area contributed by atoms with E-state index in [9.17, 15) is 4.79 Å². The number of ether oxygens (including phenoxy) is 2. The third-order valence-electron chi connectivity index (χ3n) is 4.19. The number of carbonyl (C=O) groups is 1. The van der Waals surface area contributed by atoms with Crippen LogP contribution in [0.15, 0.2) is 24.3 Å². The van der Waals surface area contributed by atoms with Gasteiger partial charge in [-0.3, -0.25) is 4.79 Å². The Morgan fingerprint density at radius 3 is 2.52 bits per heavy atom. The summed E-state index contributed by atoms with van der Waals surface area (Å²) in [6, 6.07) is 8.47. The van der Waals surface area contributed by atoms with E-state index in [1.54, 1.807) is 0 Å². The summed E-state index contributed by atoms with van der Waals surface area (Å²) in [6.45, 7) is 3.78. The van der Waals surface area contributed by atoms with E-state index in [1.807, 2.05) is 24.3 Å². The second kappa shape index (κ2) is 8.29. The third kappa shape index (κ3) is 5.20.